The van der Waals surface area contributed by atoms with Crippen molar-refractivity contribution >= 4 is 0 Å². The monoisotopic (exact) mass is 255 g/mol. The highest BCUT2D eigenvalue weighted by Gasteiger charge is 2.16. The summed E-state index contributed by atoms with van der Waals surface area (Å²) in [6.45, 7) is 9.23. The lowest BCUT2D eigenvalue weighted by Crippen LogP contribution is -2.24. The van der Waals surface area contributed by atoms with E-state index < -0.39 is 0 Å². The average Bonchev–Trinajstić information content (AvgIpc) is 2.36. The summed E-state index contributed by atoms with van der Waals surface area (Å²) >= 11 is 0. The third-order valence-electron chi connectivity index (χ3n) is 3.04. The predicted molar refractivity (Wildman–Crippen MR) is 78.2 cm³/mol. The Hall–Kier alpha value is -1.74. The van der Waals surface area contributed by atoms with Crippen LogP contribution in [0.4, 0.5) is 0 Å². The first-order valence-corrected chi connectivity index (χ1v) is 6.70. The number of benzene rings is 1. The zero-order valence-corrected chi connectivity index (χ0v) is 12.1. The lowest BCUT2D eigenvalue weighted by Gasteiger charge is -2.18. The van der Waals surface area contributed by atoms with Crippen molar-refractivity contribution in [1.82, 2.24) is 15.3 Å². The summed E-state index contributed by atoms with van der Waals surface area (Å²) in [6.07, 6.45) is 3.74. The van der Waals surface area contributed by atoms with E-state index in [1.165, 1.54) is 16.7 Å². The van der Waals surface area contributed by atoms with Gasteiger partial charge in [-0.05, 0) is 38.4 Å². The SMILES string of the molecule is CCNC(c1cc(C)cc(C)c1)c1ncc(C)cn1. The Morgan fingerprint density at radius 2 is 1.53 bits per heavy atom. The topological polar surface area (TPSA) is 37.8 Å². The van der Waals surface area contributed by atoms with Gasteiger partial charge in [-0.1, -0.05) is 36.2 Å². The summed E-state index contributed by atoms with van der Waals surface area (Å²) < 4.78 is 0. The molecule has 0 aliphatic rings. The van der Waals surface area contributed by atoms with Gasteiger partial charge in [0.05, 0.1) is 6.04 Å². The van der Waals surface area contributed by atoms with Crippen LogP contribution in [0.2, 0.25) is 0 Å². The van der Waals surface area contributed by atoms with Crippen LogP contribution >= 0.6 is 0 Å². The summed E-state index contributed by atoms with van der Waals surface area (Å²) in [5.74, 6) is 0.831. The van der Waals surface area contributed by atoms with Crippen molar-refractivity contribution in [3.05, 3.63) is 58.7 Å². The van der Waals surface area contributed by atoms with Crippen LogP contribution in [0.15, 0.2) is 30.6 Å². The Labute approximate surface area is 115 Å². The highest BCUT2D eigenvalue weighted by Crippen LogP contribution is 2.21. The zero-order valence-electron chi connectivity index (χ0n) is 12.1. The van der Waals surface area contributed by atoms with Crippen LogP contribution in [0.1, 0.15) is 41.0 Å². The third-order valence-corrected chi connectivity index (χ3v) is 3.04. The van der Waals surface area contributed by atoms with E-state index in [4.69, 9.17) is 0 Å². The Morgan fingerprint density at radius 3 is 2.05 bits per heavy atom. The smallest absolute Gasteiger partial charge is 0.149 e. The molecule has 3 heteroatoms. The second kappa shape index (κ2) is 5.93. The largest absolute Gasteiger partial charge is 0.304 e. The lowest BCUT2D eigenvalue weighted by atomic mass is 10.0. The van der Waals surface area contributed by atoms with E-state index >= 15 is 0 Å². The van der Waals surface area contributed by atoms with Gasteiger partial charge in [0.15, 0.2) is 0 Å². The molecule has 1 N–H and O–H groups in total. The van der Waals surface area contributed by atoms with Gasteiger partial charge in [-0.3, -0.25) is 0 Å². The minimum absolute atomic E-state index is 0.0594. The van der Waals surface area contributed by atoms with Gasteiger partial charge in [0.2, 0.25) is 0 Å². The van der Waals surface area contributed by atoms with Gasteiger partial charge in [0.25, 0.3) is 0 Å². The molecule has 1 unspecified atom stereocenters. The fraction of sp³-hybridized carbons (Fsp3) is 0.375. The first-order chi connectivity index (χ1) is 9.10. The van der Waals surface area contributed by atoms with Crippen LogP contribution < -0.4 is 5.32 Å². The van der Waals surface area contributed by atoms with Gasteiger partial charge in [-0.25, -0.2) is 9.97 Å². The summed E-state index contributed by atoms with van der Waals surface area (Å²) in [4.78, 5) is 8.92. The van der Waals surface area contributed by atoms with Crippen LogP contribution in [0.3, 0.4) is 0 Å². The lowest BCUT2D eigenvalue weighted by molar-refractivity contribution is 0.596. The molecule has 1 heterocycles. The number of hydrogen-bond donors (Lipinski definition) is 1. The van der Waals surface area contributed by atoms with Crippen LogP contribution in [0.25, 0.3) is 0 Å². The first-order valence-electron chi connectivity index (χ1n) is 6.70. The van der Waals surface area contributed by atoms with E-state index in [1.54, 1.807) is 0 Å². The zero-order chi connectivity index (χ0) is 13.8. The first kappa shape index (κ1) is 13.7. The standard InChI is InChI=1S/C16H21N3/c1-5-17-15(16-18-9-13(4)10-19-16)14-7-11(2)6-12(3)8-14/h6-10,15,17H,5H2,1-4H3. The Balaban J connectivity index is 2.41. The molecule has 0 bridgehead atoms. The molecule has 19 heavy (non-hydrogen) atoms. The fourth-order valence-electron chi connectivity index (χ4n) is 2.29. The number of aromatic nitrogens is 2. The number of hydrogen-bond acceptors (Lipinski definition) is 3. The second-order valence-corrected chi connectivity index (χ2v) is 5.03. The minimum Gasteiger partial charge on any atom is -0.304 e. The Kier molecular flexibility index (Phi) is 4.27. The molecule has 0 radical (unpaired) electrons. The van der Waals surface area contributed by atoms with Crippen LogP contribution in [0.5, 0.6) is 0 Å². The summed E-state index contributed by atoms with van der Waals surface area (Å²) in [5, 5.41) is 3.46. The van der Waals surface area contributed by atoms with Crippen LogP contribution in [0, 0.1) is 20.8 Å². The Bertz CT molecular complexity index is 526. The molecule has 0 aliphatic heterocycles. The molecule has 2 aromatic rings. The van der Waals surface area contributed by atoms with Gasteiger partial charge in [-0.15, -0.1) is 0 Å². The maximum Gasteiger partial charge on any atom is 0.149 e. The number of aryl methyl sites for hydroxylation is 3. The van der Waals surface area contributed by atoms with E-state index in [9.17, 15) is 0 Å². The van der Waals surface area contributed by atoms with Crippen molar-refractivity contribution in [2.24, 2.45) is 0 Å². The van der Waals surface area contributed by atoms with Crippen LogP contribution in [-0.4, -0.2) is 16.5 Å². The minimum atomic E-state index is 0.0594. The normalized spacial score (nSPS) is 12.4. The molecule has 1 aromatic heterocycles. The predicted octanol–water partition coefficient (Wildman–Crippen LogP) is 3.10. The molecule has 0 amide bonds. The molecule has 2 rings (SSSR count). The number of nitrogens with zero attached hydrogens (tertiary/aromatic N) is 2. The van der Waals surface area contributed by atoms with E-state index in [2.05, 4.69) is 54.3 Å². The highest BCUT2D eigenvalue weighted by atomic mass is 15.0. The molecular weight excluding hydrogens is 234 g/mol. The van der Waals surface area contributed by atoms with Crippen molar-refractivity contribution in [3.8, 4) is 0 Å². The fourth-order valence-corrected chi connectivity index (χ4v) is 2.29. The van der Waals surface area contributed by atoms with Crippen molar-refractivity contribution in [3.63, 3.8) is 0 Å². The Morgan fingerprint density at radius 1 is 0.947 bits per heavy atom. The quantitative estimate of drug-likeness (QED) is 0.912. The molecule has 0 spiro atoms. The number of rotatable bonds is 4. The molecule has 0 fully saturated rings. The molecule has 3 nitrogen and oxygen atoms in total. The summed E-state index contributed by atoms with van der Waals surface area (Å²) in [7, 11) is 0. The molecule has 0 saturated heterocycles. The van der Waals surface area contributed by atoms with Crippen molar-refractivity contribution in [2.45, 2.75) is 33.7 Å². The van der Waals surface area contributed by atoms with Gasteiger partial charge in [0.1, 0.15) is 5.82 Å². The highest BCUT2D eigenvalue weighted by molar-refractivity contribution is 5.33. The molecular formula is C16H21N3. The summed E-state index contributed by atoms with van der Waals surface area (Å²) in [6, 6.07) is 6.64. The number of nitrogens with one attached hydrogen (secondary N) is 1. The summed E-state index contributed by atoms with van der Waals surface area (Å²) in [5.41, 5.74) is 4.85. The van der Waals surface area contributed by atoms with Crippen molar-refractivity contribution in [2.75, 3.05) is 6.54 Å². The van der Waals surface area contributed by atoms with E-state index in [1.807, 2.05) is 19.3 Å². The molecule has 0 aliphatic carbocycles. The van der Waals surface area contributed by atoms with Gasteiger partial charge in [0, 0.05) is 12.4 Å². The maximum atomic E-state index is 4.46. The molecule has 100 valence electrons. The van der Waals surface area contributed by atoms with E-state index in [-0.39, 0.29) is 6.04 Å². The van der Waals surface area contributed by atoms with Crippen LogP contribution in [-0.2, 0) is 0 Å². The van der Waals surface area contributed by atoms with Gasteiger partial charge >= 0.3 is 0 Å². The van der Waals surface area contributed by atoms with E-state index in [0.29, 0.717) is 0 Å². The van der Waals surface area contributed by atoms with Crippen molar-refractivity contribution in [1.29, 1.82) is 0 Å². The molecule has 1 atom stereocenters. The van der Waals surface area contributed by atoms with Gasteiger partial charge < -0.3 is 5.32 Å². The average molecular weight is 255 g/mol. The maximum absolute atomic E-state index is 4.46. The van der Waals surface area contributed by atoms with Gasteiger partial charge in [-0.2, -0.15) is 0 Å². The molecule has 1 aromatic carbocycles. The molecule has 0 saturated carbocycles. The second-order valence-electron chi connectivity index (χ2n) is 5.03. The third kappa shape index (κ3) is 3.38. The van der Waals surface area contributed by atoms with E-state index in [0.717, 1.165) is 17.9 Å². The van der Waals surface area contributed by atoms with Crippen molar-refractivity contribution < 1.29 is 0 Å².